The van der Waals surface area contributed by atoms with E-state index in [9.17, 15) is 13.2 Å². The number of carbonyl (C=O) groups is 1. The average Bonchev–Trinajstić information content (AvgIpc) is 3.06. The number of aromatic amines is 1. The fourth-order valence-corrected chi connectivity index (χ4v) is 2.87. The Morgan fingerprint density at radius 3 is 2.38 bits per heavy atom. The standard InChI is InChI=1S/C13H10N2O3S.C6H6O/c16-19(17,18)10-6-7-11-12(8-10)15-13(14-11)9-4-2-1-3-5-9;7-6-4-2-1-3-5-6/h1-8H,(H,14,15)(H,16,17,18);1-4H,5H2. The highest BCUT2D eigenvalue weighted by Gasteiger charge is 2.12. The summed E-state index contributed by atoms with van der Waals surface area (Å²) in [6, 6.07) is 13.8. The lowest BCUT2D eigenvalue weighted by molar-refractivity contribution is -0.113. The average molecular weight is 368 g/mol. The molecule has 1 aliphatic carbocycles. The summed E-state index contributed by atoms with van der Waals surface area (Å²) in [4.78, 5) is 17.6. The van der Waals surface area contributed by atoms with E-state index in [2.05, 4.69) is 9.97 Å². The summed E-state index contributed by atoms with van der Waals surface area (Å²) in [7, 11) is -4.20. The van der Waals surface area contributed by atoms with E-state index in [4.69, 9.17) is 4.55 Å². The largest absolute Gasteiger partial charge is 0.338 e. The number of H-pyrrole nitrogens is 1. The van der Waals surface area contributed by atoms with Crippen LogP contribution < -0.4 is 0 Å². The summed E-state index contributed by atoms with van der Waals surface area (Å²) in [6.45, 7) is 0. The fourth-order valence-electron chi connectivity index (χ4n) is 2.37. The van der Waals surface area contributed by atoms with Crippen molar-refractivity contribution in [3.05, 3.63) is 72.8 Å². The minimum Gasteiger partial charge on any atom is -0.338 e. The van der Waals surface area contributed by atoms with Crippen molar-refractivity contribution in [3.8, 4) is 11.4 Å². The Morgan fingerprint density at radius 2 is 1.81 bits per heavy atom. The van der Waals surface area contributed by atoms with Crippen LogP contribution in [0.3, 0.4) is 0 Å². The van der Waals surface area contributed by atoms with Gasteiger partial charge in [-0.15, -0.1) is 0 Å². The monoisotopic (exact) mass is 368 g/mol. The Balaban J connectivity index is 0.000000236. The van der Waals surface area contributed by atoms with Gasteiger partial charge in [-0.05, 0) is 24.3 Å². The van der Waals surface area contributed by atoms with Crippen LogP contribution in [0.5, 0.6) is 0 Å². The van der Waals surface area contributed by atoms with E-state index in [1.165, 1.54) is 12.1 Å². The summed E-state index contributed by atoms with van der Waals surface area (Å²) in [5.74, 6) is 0.852. The number of nitrogens with one attached hydrogen (secondary N) is 1. The van der Waals surface area contributed by atoms with Gasteiger partial charge in [-0.3, -0.25) is 9.35 Å². The van der Waals surface area contributed by atoms with E-state index in [-0.39, 0.29) is 10.7 Å². The molecule has 4 rings (SSSR count). The molecule has 132 valence electrons. The third kappa shape index (κ3) is 4.33. The number of fused-ring (bicyclic) bond motifs is 1. The van der Waals surface area contributed by atoms with Crippen LogP contribution in [0.2, 0.25) is 0 Å². The molecule has 0 saturated heterocycles. The van der Waals surface area contributed by atoms with Crippen LogP contribution in [-0.4, -0.2) is 28.7 Å². The number of nitrogens with zero attached hydrogens (tertiary/aromatic N) is 1. The van der Waals surface area contributed by atoms with Crippen LogP contribution in [0, 0.1) is 0 Å². The van der Waals surface area contributed by atoms with Crippen LogP contribution in [0.15, 0.2) is 77.7 Å². The molecule has 3 aromatic rings. The zero-order valence-corrected chi connectivity index (χ0v) is 14.5. The topological polar surface area (TPSA) is 100 Å². The Morgan fingerprint density at radius 1 is 1.04 bits per heavy atom. The van der Waals surface area contributed by atoms with Gasteiger partial charge >= 0.3 is 0 Å². The summed E-state index contributed by atoms with van der Waals surface area (Å²) in [5.41, 5.74) is 2.12. The van der Waals surface area contributed by atoms with Crippen LogP contribution in [0.25, 0.3) is 22.4 Å². The molecule has 0 unspecified atom stereocenters. The van der Waals surface area contributed by atoms with Crippen molar-refractivity contribution < 1.29 is 17.8 Å². The first-order valence-electron chi connectivity index (χ1n) is 7.82. The minimum absolute atomic E-state index is 0.161. The Bertz CT molecular complexity index is 1100. The predicted octanol–water partition coefficient (Wildman–Crippen LogP) is 3.55. The fraction of sp³-hybridized carbons (Fsp3) is 0.0526. The second kappa shape index (κ2) is 7.47. The number of ketones is 1. The van der Waals surface area contributed by atoms with Gasteiger partial charge < -0.3 is 4.98 Å². The van der Waals surface area contributed by atoms with Gasteiger partial charge in [-0.1, -0.05) is 48.6 Å². The molecular formula is C19H16N2O4S. The molecule has 0 saturated carbocycles. The number of allylic oxidation sites excluding steroid dienone is 4. The van der Waals surface area contributed by atoms with E-state index in [0.717, 1.165) is 5.56 Å². The molecule has 7 heteroatoms. The molecule has 26 heavy (non-hydrogen) atoms. The third-order valence-electron chi connectivity index (χ3n) is 3.65. The van der Waals surface area contributed by atoms with Gasteiger partial charge in [0.2, 0.25) is 0 Å². The Hall–Kier alpha value is -3.03. The normalized spacial score (nSPS) is 13.5. The second-order valence-electron chi connectivity index (χ2n) is 5.56. The number of rotatable bonds is 2. The first-order valence-corrected chi connectivity index (χ1v) is 9.26. The van der Waals surface area contributed by atoms with Gasteiger partial charge in [0, 0.05) is 12.0 Å². The molecule has 1 aliphatic rings. The number of hydrogen-bond acceptors (Lipinski definition) is 4. The smallest absolute Gasteiger partial charge is 0.294 e. The van der Waals surface area contributed by atoms with Crippen molar-refractivity contribution in [2.75, 3.05) is 0 Å². The van der Waals surface area contributed by atoms with E-state index >= 15 is 0 Å². The molecule has 0 radical (unpaired) electrons. The molecular weight excluding hydrogens is 352 g/mol. The van der Waals surface area contributed by atoms with E-state index in [1.807, 2.05) is 42.5 Å². The lowest BCUT2D eigenvalue weighted by atomic mass is 10.2. The highest BCUT2D eigenvalue weighted by molar-refractivity contribution is 7.85. The molecule has 2 aromatic carbocycles. The molecule has 2 N–H and O–H groups in total. The van der Waals surface area contributed by atoms with Gasteiger partial charge in [-0.25, -0.2) is 4.98 Å². The van der Waals surface area contributed by atoms with Gasteiger partial charge in [-0.2, -0.15) is 8.42 Å². The highest BCUT2D eigenvalue weighted by Crippen LogP contribution is 2.22. The van der Waals surface area contributed by atoms with Crippen molar-refractivity contribution in [1.29, 1.82) is 0 Å². The maximum atomic E-state index is 11.1. The quantitative estimate of drug-likeness (QED) is 0.674. The molecule has 0 spiro atoms. The summed E-state index contributed by atoms with van der Waals surface area (Å²) < 4.78 is 31.1. The lowest BCUT2D eigenvalue weighted by Crippen LogP contribution is -1.97. The number of benzene rings is 2. The van der Waals surface area contributed by atoms with Crippen molar-refractivity contribution >= 4 is 26.9 Å². The number of hydrogen-bond donors (Lipinski definition) is 2. The van der Waals surface area contributed by atoms with Crippen LogP contribution in [0.1, 0.15) is 6.42 Å². The van der Waals surface area contributed by atoms with Crippen LogP contribution in [0.4, 0.5) is 0 Å². The maximum Gasteiger partial charge on any atom is 0.294 e. The lowest BCUT2D eigenvalue weighted by Gasteiger charge is -1.94. The van der Waals surface area contributed by atoms with Crippen molar-refractivity contribution in [1.82, 2.24) is 9.97 Å². The van der Waals surface area contributed by atoms with Gasteiger partial charge in [0.05, 0.1) is 15.9 Å². The first-order chi connectivity index (χ1) is 12.4. The molecule has 6 nitrogen and oxygen atoms in total. The molecule has 0 aliphatic heterocycles. The molecule has 1 aromatic heterocycles. The van der Waals surface area contributed by atoms with Crippen LogP contribution >= 0.6 is 0 Å². The number of aromatic nitrogens is 2. The Kier molecular flexibility index (Phi) is 5.11. The molecule has 1 heterocycles. The summed E-state index contributed by atoms with van der Waals surface area (Å²) >= 11 is 0. The van der Waals surface area contributed by atoms with Crippen molar-refractivity contribution in [3.63, 3.8) is 0 Å². The predicted molar refractivity (Wildman–Crippen MR) is 99.2 cm³/mol. The van der Waals surface area contributed by atoms with Crippen molar-refractivity contribution in [2.45, 2.75) is 11.3 Å². The van der Waals surface area contributed by atoms with Gasteiger partial charge in [0.1, 0.15) is 5.82 Å². The number of carbonyl (C=O) groups excluding carboxylic acids is 1. The highest BCUT2D eigenvalue weighted by atomic mass is 32.2. The molecule has 0 bridgehead atoms. The maximum absolute atomic E-state index is 11.1. The van der Waals surface area contributed by atoms with E-state index in [1.54, 1.807) is 18.2 Å². The summed E-state index contributed by atoms with van der Waals surface area (Å²) in [6.07, 6.45) is 7.64. The third-order valence-corrected chi connectivity index (χ3v) is 4.50. The number of imidazole rings is 1. The van der Waals surface area contributed by atoms with E-state index in [0.29, 0.717) is 23.3 Å². The Labute approximate surface area is 150 Å². The summed E-state index contributed by atoms with van der Waals surface area (Å²) in [5, 5.41) is 0. The van der Waals surface area contributed by atoms with Gasteiger partial charge in [0.15, 0.2) is 5.78 Å². The SMILES string of the molecule is O=C1C=CC=CC1.O=S(=O)(O)c1ccc2[nH]c(-c3ccccc3)nc2c1. The first kappa shape index (κ1) is 17.8. The second-order valence-corrected chi connectivity index (χ2v) is 6.98. The minimum atomic E-state index is -4.20. The van der Waals surface area contributed by atoms with Crippen LogP contribution in [-0.2, 0) is 14.9 Å². The molecule has 0 atom stereocenters. The van der Waals surface area contributed by atoms with Crippen molar-refractivity contribution in [2.24, 2.45) is 0 Å². The van der Waals surface area contributed by atoms with Gasteiger partial charge in [0.25, 0.3) is 10.1 Å². The zero-order valence-electron chi connectivity index (χ0n) is 13.7. The van der Waals surface area contributed by atoms with E-state index < -0.39 is 10.1 Å². The zero-order chi connectivity index (χ0) is 18.6. The molecule has 0 fully saturated rings. The molecule has 0 amide bonds.